The molecule has 10 nitrogen and oxygen atoms in total. The summed E-state index contributed by atoms with van der Waals surface area (Å²) in [5.41, 5.74) is 7.63. The molecule has 0 unspecified atom stereocenters. The van der Waals surface area contributed by atoms with Gasteiger partial charge in [0.15, 0.2) is 22.9 Å². The van der Waals surface area contributed by atoms with Gasteiger partial charge in [-0.3, -0.25) is 9.55 Å². The minimum Gasteiger partial charge on any atom is -0.395 e. The molecule has 4 heterocycles. The van der Waals surface area contributed by atoms with Gasteiger partial charge in [0.2, 0.25) is 0 Å². The molecule has 4 N–H and O–H groups in total. The van der Waals surface area contributed by atoms with Gasteiger partial charge in [-0.25, -0.2) is 28.8 Å². The smallest absolute Gasteiger partial charge is 0.327 e. The predicted molar refractivity (Wildman–Crippen MR) is 112 cm³/mol. The van der Waals surface area contributed by atoms with Gasteiger partial charge in [0.05, 0.1) is 25.1 Å². The summed E-state index contributed by atoms with van der Waals surface area (Å²) in [5.74, 6) is -0.0616. The maximum atomic E-state index is 14.2. The third-order valence-electron chi connectivity index (χ3n) is 4.97. The molecule has 0 radical (unpaired) electrons. The number of imidazole rings is 1. The quantitative estimate of drug-likeness (QED) is 0.389. The summed E-state index contributed by atoms with van der Waals surface area (Å²) in [7, 11) is 0. The molecule has 31 heavy (non-hydrogen) atoms. The number of aromatic amines is 1. The van der Waals surface area contributed by atoms with Gasteiger partial charge < -0.3 is 10.8 Å². The van der Waals surface area contributed by atoms with E-state index in [1.807, 2.05) is 6.07 Å². The lowest BCUT2D eigenvalue weighted by Crippen LogP contribution is -2.19. The molecule has 0 saturated carbocycles. The Morgan fingerprint density at radius 1 is 1.16 bits per heavy atom. The topological polar surface area (TPSA) is 141 Å². The number of rotatable bonds is 5. The molecule has 11 heteroatoms. The standard InChI is InChI=1S/C20H17FN8O2/c21-13-6-2-1-4-11(13)10-29-19-12(5-3-7-23-19)14(27-29)17-24-16(22)15-18(25-17)26-20(31)28(15)8-9-30/h1-7,30H,8-10H2,(H3,22,24,25,26,31). The summed E-state index contributed by atoms with van der Waals surface area (Å²) >= 11 is 0. The van der Waals surface area contributed by atoms with Crippen molar-refractivity contribution >= 4 is 28.0 Å². The third kappa shape index (κ3) is 3.11. The molecule has 156 valence electrons. The molecule has 5 rings (SSSR count). The average Bonchev–Trinajstić information content (AvgIpc) is 3.28. The summed E-state index contributed by atoms with van der Waals surface area (Å²) in [5, 5.41) is 14.4. The molecular formula is C20H17FN8O2. The molecule has 0 bridgehead atoms. The minimum absolute atomic E-state index is 0.0653. The van der Waals surface area contributed by atoms with Crippen LogP contribution in [0.15, 0.2) is 47.4 Å². The largest absolute Gasteiger partial charge is 0.395 e. The van der Waals surface area contributed by atoms with Crippen LogP contribution in [-0.2, 0) is 13.1 Å². The first-order valence-corrected chi connectivity index (χ1v) is 9.49. The molecule has 5 aromatic rings. The molecule has 0 saturated heterocycles. The first-order chi connectivity index (χ1) is 15.1. The van der Waals surface area contributed by atoms with E-state index >= 15 is 0 Å². The molecule has 4 aromatic heterocycles. The number of benzene rings is 1. The molecule has 0 aliphatic rings. The highest BCUT2D eigenvalue weighted by Crippen LogP contribution is 2.27. The number of aliphatic hydroxyl groups excluding tert-OH is 1. The van der Waals surface area contributed by atoms with Crippen LogP contribution in [0, 0.1) is 5.82 Å². The lowest BCUT2D eigenvalue weighted by atomic mass is 10.2. The Bertz CT molecular complexity index is 1490. The van der Waals surface area contributed by atoms with Crippen LogP contribution < -0.4 is 11.4 Å². The van der Waals surface area contributed by atoms with Crippen molar-refractivity contribution in [2.24, 2.45) is 0 Å². The number of halogens is 1. The molecule has 0 atom stereocenters. The van der Waals surface area contributed by atoms with Crippen molar-refractivity contribution in [1.29, 1.82) is 0 Å². The molecule has 0 aliphatic heterocycles. The van der Waals surface area contributed by atoms with Gasteiger partial charge in [-0.05, 0) is 18.2 Å². The fraction of sp³-hybridized carbons (Fsp3) is 0.150. The molecule has 0 amide bonds. The van der Waals surface area contributed by atoms with Crippen molar-refractivity contribution in [1.82, 2.24) is 34.3 Å². The molecular weight excluding hydrogens is 403 g/mol. The van der Waals surface area contributed by atoms with E-state index < -0.39 is 5.69 Å². The van der Waals surface area contributed by atoms with Gasteiger partial charge in [-0.15, -0.1) is 0 Å². The van der Waals surface area contributed by atoms with E-state index in [1.165, 1.54) is 10.6 Å². The Kier molecular flexibility index (Phi) is 4.44. The van der Waals surface area contributed by atoms with Crippen LogP contribution in [0.2, 0.25) is 0 Å². The normalized spacial score (nSPS) is 11.5. The monoisotopic (exact) mass is 420 g/mol. The van der Waals surface area contributed by atoms with E-state index in [0.717, 1.165) is 0 Å². The number of aromatic nitrogens is 7. The van der Waals surface area contributed by atoms with E-state index in [1.54, 1.807) is 35.1 Å². The number of H-pyrrole nitrogens is 1. The van der Waals surface area contributed by atoms with Crippen molar-refractivity contribution in [2.75, 3.05) is 12.3 Å². The predicted octanol–water partition coefficient (Wildman–Crippen LogP) is 1.29. The number of hydrogen-bond acceptors (Lipinski definition) is 7. The summed E-state index contributed by atoms with van der Waals surface area (Å²) in [6, 6.07) is 10.0. The average molecular weight is 420 g/mol. The van der Waals surface area contributed by atoms with E-state index in [0.29, 0.717) is 27.8 Å². The second-order valence-electron chi connectivity index (χ2n) is 6.91. The Morgan fingerprint density at radius 3 is 2.81 bits per heavy atom. The van der Waals surface area contributed by atoms with Crippen LogP contribution in [0.4, 0.5) is 10.2 Å². The summed E-state index contributed by atoms with van der Waals surface area (Å²) in [6.45, 7) is 0.00227. The Labute approximate surface area is 173 Å². The first kappa shape index (κ1) is 18.9. The maximum absolute atomic E-state index is 14.2. The highest BCUT2D eigenvalue weighted by molar-refractivity contribution is 5.91. The Hall–Kier alpha value is -4.12. The van der Waals surface area contributed by atoms with E-state index in [-0.39, 0.29) is 42.8 Å². The van der Waals surface area contributed by atoms with Crippen LogP contribution in [0.1, 0.15) is 5.56 Å². The molecule has 1 aromatic carbocycles. The van der Waals surface area contributed by atoms with Crippen LogP contribution in [0.25, 0.3) is 33.7 Å². The van der Waals surface area contributed by atoms with Gasteiger partial charge in [-0.2, -0.15) is 5.10 Å². The van der Waals surface area contributed by atoms with Gasteiger partial charge >= 0.3 is 5.69 Å². The van der Waals surface area contributed by atoms with Gasteiger partial charge in [-0.1, -0.05) is 18.2 Å². The van der Waals surface area contributed by atoms with E-state index in [2.05, 4.69) is 25.0 Å². The van der Waals surface area contributed by atoms with Crippen LogP contribution in [-0.4, -0.2) is 46.0 Å². The van der Waals surface area contributed by atoms with Gasteiger partial charge in [0.25, 0.3) is 0 Å². The fourth-order valence-corrected chi connectivity index (χ4v) is 3.59. The molecule has 0 aliphatic carbocycles. The number of nitrogens with one attached hydrogen (secondary N) is 1. The minimum atomic E-state index is -0.446. The number of hydrogen-bond donors (Lipinski definition) is 3. The second kappa shape index (κ2) is 7.29. The lowest BCUT2D eigenvalue weighted by Gasteiger charge is -2.04. The zero-order valence-corrected chi connectivity index (χ0v) is 16.2. The first-order valence-electron chi connectivity index (χ1n) is 9.49. The van der Waals surface area contributed by atoms with Crippen LogP contribution >= 0.6 is 0 Å². The highest BCUT2D eigenvalue weighted by atomic mass is 19.1. The Morgan fingerprint density at radius 2 is 2.00 bits per heavy atom. The molecule has 0 spiro atoms. The SMILES string of the molecule is Nc1nc(-c2nn(Cc3ccccc3F)c3ncccc23)nc2[nH]c(=O)n(CCO)c12. The number of nitrogens with zero attached hydrogens (tertiary/aromatic N) is 6. The number of pyridine rings is 1. The third-order valence-corrected chi connectivity index (χ3v) is 4.97. The zero-order chi connectivity index (χ0) is 21.5. The number of nitrogen functional groups attached to an aromatic ring is 1. The fourth-order valence-electron chi connectivity index (χ4n) is 3.59. The van der Waals surface area contributed by atoms with Crippen molar-refractivity contribution in [3.63, 3.8) is 0 Å². The van der Waals surface area contributed by atoms with Gasteiger partial charge in [0.1, 0.15) is 17.0 Å². The van der Waals surface area contributed by atoms with Gasteiger partial charge in [0, 0.05) is 11.8 Å². The summed E-state index contributed by atoms with van der Waals surface area (Å²) < 4.78 is 17.0. The summed E-state index contributed by atoms with van der Waals surface area (Å²) in [4.78, 5) is 28.0. The maximum Gasteiger partial charge on any atom is 0.327 e. The van der Waals surface area contributed by atoms with E-state index in [4.69, 9.17) is 5.73 Å². The lowest BCUT2D eigenvalue weighted by molar-refractivity contribution is 0.276. The van der Waals surface area contributed by atoms with Crippen molar-refractivity contribution in [2.45, 2.75) is 13.1 Å². The number of fused-ring (bicyclic) bond motifs is 2. The van der Waals surface area contributed by atoms with Crippen LogP contribution in [0.3, 0.4) is 0 Å². The second-order valence-corrected chi connectivity index (χ2v) is 6.91. The van der Waals surface area contributed by atoms with Crippen molar-refractivity contribution in [3.8, 4) is 11.5 Å². The molecule has 0 fully saturated rings. The zero-order valence-electron chi connectivity index (χ0n) is 16.2. The Balaban J connectivity index is 1.68. The number of anilines is 1. The number of aliphatic hydroxyl groups is 1. The van der Waals surface area contributed by atoms with Crippen molar-refractivity contribution in [3.05, 3.63) is 64.5 Å². The number of nitrogens with two attached hydrogens (primary N) is 1. The van der Waals surface area contributed by atoms with Crippen molar-refractivity contribution < 1.29 is 9.50 Å². The summed E-state index contributed by atoms with van der Waals surface area (Å²) in [6.07, 6.45) is 1.62. The highest BCUT2D eigenvalue weighted by Gasteiger charge is 2.20. The van der Waals surface area contributed by atoms with E-state index in [9.17, 15) is 14.3 Å². The van der Waals surface area contributed by atoms with Crippen LogP contribution in [0.5, 0.6) is 0 Å².